The lowest BCUT2D eigenvalue weighted by atomic mass is 10.1. The molecule has 2 amide bonds. The van der Waals surface area contributed by atoms with E-state index in [0.29, 0.717) is 36.8 Å². The van der Waals surface area contributed by atoms with E-state index in [1.807, 2.05) is 11.8 Å². The Morgan fingerprint density at radius 3 is 2.68 bits per heavy atom. The smallest absolute Gasteiger partial charge is 0.321 e. The van der Waals surface area contributed by atoms with Crippen LogP contribution in [0.5, 0.6) is 0 Å². The van der Waals surface area contributed by atoms with Gasteiger partial charge in [-0.05, 0) is 25.1 Å². The van der Waals surface area contributed by atoms with Crippen molar-refractivity contribution in [1.82, 2.24) is 14.9 Å². The zero-order valence-electron chi connectivity index (χ0n) is 17.9. The molecule has 31 heavy (non-hydrogen) atoms. The number of hydrogen-bond donors (Lipinski definition) is 1. The largest absolute Gasteiger partial charge is 0.377 e. The van der Waals surface area contributed by atoms with E-state index in [2.05, 4.69) is 15.3 Å². The van der Waals surface area contributed by atoms with Crippen LogP contribution >= 0.6 is 0 Å². The summed E-state index contributed by atoms with van der Waals surface area (Å²) >= 11 is 0. The minimum Gasteiger partial charge on any atom is -0.377 e. The van der Waals surface area contributed by atoms with E-state index in [1.165, 1.54) is 17.0 Å². The summed E-state index contributed by atoms with van der Waals surface area (Å²) in [5.74, 6) is -0.136. The number of carbonyl (C=O) groups excluding carboxylic acids is 1. The van der Waals surface area contributed by atoms with Gasteiger partial charge in [-0.25, -0.2) is 27.6 Å². The van der Waals surface area contributed by atoms with Crippen LogP contribution in [0.2, 0.25) is 0 Å². The molecule has 1 aromatic heterocycles. The predicted octanol–water partition coefficient (Wildman–Crippen LogP) is 2.15. The number of sulfone groups is 1. The molecule has 2 heterocycles. The summed E-state index contributed by atoms with van der Waals surface area (Å²) in [5, 5.41) is 2.47. The third-order valence-electron chi connectivity index (χ3n) is 4.71. The van der Waals surface area contributed by atoms with Crippen molar-refractivity contribution in [3.8, 4) is 11.4 Å². The Morgan fingerprint density at radius 2 is 2.06 bits per heavy atom. The molecule has 9 nitrogen and oxygen atoms in total. The monoisotopic (exact) mass is 451 g/mol. The number of urea groups is 1. The maximum atomic E-state index is 14.6. The minimum absolute atomic E-state index is 0.0248. The SMILES string of the molecule is C[C@H]1COCCN1c1cc(CS(C)(=O)=O)nc(-c2ccc(NC(=O)N(C)C)c(F)c2)n1. The quantitative estimate of drug-likeness (QED) is 0.743. The predicted molar refractivity (Wildman–Crippen MR) is 116 cm³/mol. The van der Waals surface area contributed by atoms with E-state index in [1.54, 1.807) is 26.2 Å². The maximum absolute atomic E-state index is 14.6. The Kier molecular flexibility index (Phi) is 6.75. The molecule has 0 spiro atoms. The van der Waals surface area contributed by atoms with Crippen molar-refractivity contribution in [2.24, 2.45) is 0 Å². The number of carbonyl (C=O) groups is 1. The van der Waals surface area contributed by atoms with Gasteiger partial charge in [0.25, 0.3) is 0 Å². The molecule has 0 aliphatic carbocycles. The molecule has 0 radical (unpaired) electrons. The number of ether oxygens (including phenoxy) is 1. The summed E-state index contributed by atoms with van der Waals surface area (Å²) in [4.78, 5) is 24.0. The molecule has 1 N–H and O–H groups in total. The van der Waals surface area contributed by atoms with Gasteiger partial charge in [-0.15, -0.1) is 0 Å². The van der Waals surface area contributed by atoms with E-state index in [4.69, 9.17) is 4.74 Å². The molecular weight excluding hydrogens is 425 g/mol. The highest BCUT2D eigenvalue weighted by Gasteiger charge is 2.23. The highest BCUT2D eigenvalue weighted by Crippen LogP contribution is 2.26. The molecule has 0 unspecified atom stereocenters. The van der Waals surface area contributed by atoms with Crippen molar-refractivity contribution >= 4 is 27.4 Å². The number of rotatable bonds is 5. The van der Waals surface area contributed by atoms with Crippen molar-refractivity contribution in [3.63, 3.8) is 0 Å². The second-order valence-electron chi connectivity index (χ2n) is 7.75. The number of aromatic nitrogens is 2. The molecule has 11 heteroatoms. The van der Waals surface area contributed by atoms with Crippen LogP contribution in [0, 0.1) is 5.82 Å². The number of halogens is 1. The van der Waals surface area contributed by atoms with E-state index in [-0.39, 0.29) is 23.3 Å². The van der Waals surface area contributed by atoms with Crippen molar-refractivity contribution < 1.29 is 22.3 Å². The lowest BCUT2D eigenvalue weighted by Crippen LogP contribution is -2.44. The van der Waals surface area contributed by atoms with E-state index >= 15 is 0 Å². The van der Waals surface area contributed by atoms with Crippen LogP contribution in [-0.4, -0.2) is 75.5 Å². The molecule has 1 aromatic carbocycles. The van der Waals surface area contributed by atoms with Crippen LogP contribution in [0.1, 0.15) is 12.6 Å². The number of morpholine rings is 1. The zero-order valence-corrected chi connectivity index (χ0v) is 18.7. The van der Waals surface area contributed by atoms with Gasteiger partial charge in [0.15, 0.2) is 15.7 Å². The van der Waals surface area contributed by atoms with Crippen molar-refractivity contribution in [2.75, 3.05) is 50.3 Å². The Morgan fingerprint density at radius 1 is 1.32 bits per heavy atom. The Labute approximate surface area is 181 Å². The average molecular weight is 452 g/mol. The minimum atomic E-state index is -3.33. The van der Waals surface area contributed by atoms with Crippen molar-refractivity contribution in [1.29, 1.82) is 0 Å². The standard InChI is InChI=1S/C20H26FN5O4S/c1-13-11-30-8-7-26(13)18-10-15(12-31(4,28)29)22-19(24-18)14-5-6-17(16(21)9-14)23-20(27)25(2)3/h5-6,9-10,13H,7-8,11-12H2,1-4H3,(H,23,27)/t13-/m0/s1. The molecular formula is C20H26FN5O4S. The van der Waals surface area contributed by atoms with Gasteiger partial charge in [0, 0.05) is 38.5 Å². The average Bonchev–Trinajstić information content (AvgIpc) is 2.68. The van der Waals surface area contributed by atoms with Crippen LogP contribution in [0.15, 0.2) is 24.3 Å². The van der Waals surface area contributed by atoms with E-state index in [0.717, 1.165) is 6.26 Å². The fourth-order valence-corrected chi connectivity index (χ4v) is 3.84. The van der Waals surface area contributed by atoms with Gasteiger partial charge in [0.1, 0.15) is 11.6 Å². The summed E-state index contributed by atoms with van der Waals surface area (Å²) in [6.07, 6.45) is 1.13. The second-order valence-corrected chi connectivity index (χ2v) is 9.89. The van der Waals surface area contributed by atoms with E-state index < -0.39 is 21.7 Å². The Balaban J connectivity index is 2.01. The third kappa shape index (κ3) is 5.88. The molecule has 0 saturated carbocycles. The molecule has 0 bridgehead atoms. The van der Waals surface area contributed by atoms with Gasteiger partial charge in [-0.3, -0.25) is 0 Å². The summed E-state index contributed by atoms with van der Waals surface area (Å²) < 4.78 is 43.8. The fraction of sp³-hybridized carbons (Fsp3) is 0.450. The van der Waals surface area contributed by atoms with Crippen molar-refractivity contribution in [3.05, 3.63) is 35.8 Å². The van der Waals surface area contributed by atoms with Crippen LogP contribution in [-0.2, 0) is 20.3 Å². The number of hydrogen-bond acceptors (Lipinski definition) is 7. The normalized spacial score (nSPS) is 16.8. The van der Waals surface area contributed by atoms with Gasteiger partial charge in [0.2, 0.25) is 0 Å². The van der Waals surface area contributed by atoms with Crippen LogP contribution in [0.3, 0.4) is 0 Å². The Bertz CT molecular complexity index is 1080. The summed E-state index contributed by atoms with van der Waals surface area (Å²) in [6.45, 7) is 3.63. The summed E-state index contributed by atoms with van der Waals surface area (Å²) in [6, 6.07) is 5.46. The molecule has 2 aromatic rings. The van der Waals surface area contributed by atoms with Gasteiger partial charge >= 0.3 is 6.03 Å². The maximum Gasteiger partial charge on any atom is 0.321 e. The molecule has 1 atom stereocenters. The van der Waals surface area contributed by atoms with E-state index in [9.17, 15) is 17.6 Å². The van der Waals surface area contributed by atoms with Gasteiger partial charge in [0.05, 0.1) is 36.4 Å². The highest BCUT2D eigenvalue weighted by atomic mass is 32.2. The van der Waals surface area contributed by atoms with Crippen LogP contribution in [0.4, 0.5) is 20.7 Å². The second kappa shape index (κ2) is 9.15. The number of nitrogens with one attached hydrogen (secondary N) is 1. The molecule has 168 valence electrons. The lowest BCUT2D eigenvalue weighted by Gasteiger charge is -2.34. The molecule has 1 fully saturated rings. The summed E-state index contributed by atoms with van der Waals surface area (Å²) in [5.41, 5.74) is 0.723. The number of anilines is 2. The number of amides is 2. The fourth-order valence-electron chi connectivity index (χ4n) is 3.15. The molecule has 1 saturated heterocycles. The third-order valence-corrected chi connectivity index (χ3v) is 5.53. The topological polar surface area (TPSA) is 105 Å². The number of benzene rings is 1. The van der Waals surface area contributed by atoms with Gasteiger partial charge < -0.3 is 19.9 Å². The van der Waals surface area contributed by atoms with Crippen molar-refractivity contribution in [2.45, 2.75) is 18.7 Å². The van der Waals surface area contributed by atoms with Crippen LogP contribution < -0.4 is 10.2 Å². The first-order valence-electron chi connectivity index (χ1n) is 9.72. The van der Waals surface area contributed by atoms with Gasteiger partial charge in [-0.2, -0.15) is 0 Å². The lowest BCUT2D eigenvalue weighted by molar-refractivity contribution is 0.0985. The molecule has 1 aliphatic rings. The Hall–Kier alpha value is -2.79. The van der Waals surface area contributed by atoms with Crippen LogP contribution in [0.25, 0.3) is 11.4 Å². The first kappa shape index (κ1) is 22.9. The summed E-state index contributed by atoms with van der Waals surface area (Å²) in [7, 11) is -0.228. The zero-order chi connectivity index (χ0) is 22.8. The first-order valence-corrected chi connectivity index (χ1v) is 11.8. The number of nitrogens with zero attached hydrogens (tertiary/aromatic N) is 4. The highest BCUT2D eigenvalue weighted by molar-refractivity contribution is 7.89. The molecule has 1 aliphatic heterocycles. The first-order chi connectivity index (χ1) is 14.5. The molecule has 3 rings (SSSR count). The van der Waals surface area contributed by atoms with Gasteiger partial charge in [-0.1, -0.05) is 0 Å².